The van der Waals surface area contributed by atoms with Crippen LogP contribution in [-0.4, -0.2) is 46.6 Å². The van der Waals surface area contributed by atoms with E-state index in [4.69, 9.17) is 0 Å². The third kappa shape index (κ3) is 3.71. The molecule has 2 heterocycles. The molecule has 0 unspecified atom stereocenters. The first-order chi connectivity index (χ1) is 13.1. The highest BCUT2D eigenvalue weighted by molar-refractivity contribution is 5.76. The fourth-order valence-electron chi connectivity index (χ4n) is 3.63. The minimum absolute atomic E-state index is 0.0541. The molecule has 1 aliphatic rings. The van der Waals surface area contributed by atoms with E-state index in [0.717, 1.165) is 38.0 Å². The molecule has 0 amide bonds. The van der Waals surface area contributed by atoms with Crippen LogP contribution in [0.5, 0.6) is 0 Å². The van der Waals surface area contributed by atoms with Crippen LogP contribution in [0.15, 0.2) is 41.5 Å². The van der Waals surface area contributed by atoms with Gasteiger partial charge < -0.3 is 14.8 Å². The number of pyridine rings is 1. The first-order valence-electron chi connectivity index (χ1n) is 9.51. The second-order valence-corrected chi connectivity index (χ2v) is 7.37. The maximum Gasteiger partial charge on any atom is 0.224 e. The maximum absolute atomic E-state index is 12.3. The Balaban J connectivity index is 1.69. The minimum Gasteiger partial charge on any atom is -0.354 e. The van der Waals surface area contributed by atoms with Crippen molar-refractivity contribution < 1.29 is 0 Å². The van der Waals surface area contributed by atoms with Gasteiger partial charge in [0.1, 0.15) is 0 Å². The van der Waals surface area contributed by atoms with Crippen LogP contribution in [0.3, 0.4) is 0 Å². The van der Waals surface area contributed by atoms with E-state index in [9.17, 15) is 4.79 Å². The van der Waals surface area contributed by atoms with Gasteiger partial charge in [0.15, 0.2) is 11.1 Å². The second-order valence-electron chi connectivity index (χ2n) is 7.37. The van der Waals surface area contributed by atoms with Crippen LogP contribution < -0.4 is 10.7 Å². The Morgan fingerprint density at radius 3 is 2.89 bits per heavy atom. The highest BCUT2D eigenvalue weighted by Crippen LogP contribution is 2.25. The Hall–Kier alpha value is -2.73. The van der Waals surface area contributed by atoms with Crippen LogP contribution in [0.25, 0.3) is 16.7 Å². The van der Waals surface area contributed by atoms with E-state index in [0.29, 0.717) is 17.0 Å². The quantitative estimate of drug-likeness (QED) is 0.682. The van der Waals surface area contributed by atoms with Gasteiger partial charge in [-0.15, -0.1) is 0 Å². The number of nitrogens with zero attached hydrogens (tertiary/aromatic N) is 4. The highest BCUT2D eigenvalue weighted by atomic mass is 16.1. The zero-order valence-electron chi connectivity index (χ0n) is 15.9. The molecule has 2 aromatic heterocycles. The molecular formula is C21H25N5O. The fourth-order valence-corrected chi connectivity index (χ4v) is 3.63. The monoisotopic (exact) mass is 363 g/mol. The number of benzene rings is 1. The summed E-state index contributed by atoms with van der Waals surface area (Å²) >= 11 is 0. The largest absolute Gasteiger partial charge is 0.354 e. The van der Waals surface area contributed by atoms with E-state index in [1.54, 1.807) is 12.3 Å². The molecule has 1 aromatic carbocycles. The van der Waals surface area contributed by atoms with E-state index in [2.05, 4.69) is 52.5 Å². The first-order valence-corrected chi connectivity index (χ1v) is 9.51. The molecule has 6 heteroatoms. The summed E-state index contributed by atoms with van der Waals surface area (Å²) in [5, 5.41) is 3.81. The molecule has 0 saturated heterocycles. The Bertz CT molecular complexity index is 1020. The molecule has 3 aromatic rings. The van der Waals surface area contributed by atoms with Gasteiger partial charge in [0.05, 0.1) is 5.39 Å². The molecular weight excluding hydrogens is 338 g/mol. The minimum atomic E-state index is -0.0541. The van der Waals surface area contributed by atoms with Gasteiger partial charge in [0.25, 0.3) is 0 Å². The van der Waals surface area contributed by atoms with Crippen LogP contribution in [0.2, 0.25) is 0 Å². The smallest absolute Gasteiger partial charge is 0.224 e. The molecule has 27 heavy (non-hydrogen) atoms. The summed E-state index contributed by atoms with van der Waals surface area (Å²) in [4.78, 5) is 23.4. The third-order valence-electron chi connectivity index (χ3n) is 5.06. The molecule has 4 rings (SSSR count). The average molecular weight is 363 g/mol. The van der Waals surface area contributed by atoms with Crippen LogP contribution in [-0.2, 0) is 12.8 Å². The molecule has 0 bridgehead atoms. The summed E-state index contributed by atoms with van der Waals surface area (Å²) in [5.41, 5.74) is 4.46. The van der Waals surface area contributed by atoms with Gasteiger partial charge in [-0.25, -0.2) is 4.98 Å². The Labute approximate surface area is 158 Å². The number of hydrogen-bond acceptors (Lipinski definition) is 5. The normalized spacial score (nSPS) is 13.3. The summed E-state index contributed by atoms with van der Waals surface area (Å²) in [6.45, 7) is 1.79. The second kappa shape index (κ2) is 7.48. The van der Waals surface area contributed by atoms with E-state index in [1.165, 1.54) is 17.5 Å². The Kier molecular flexibility index (Phi) is 4.90. The lowest BCUT2D eigenvalue weighted by atomic mass is 10.1. The third-order valence-corrected chi connectivity index (χ3v) is 5.06. The zero-order chi connectivity index (χ0) is 18.8. The van der Waals surface area contributed by atoms with E-state index in [1.807, 2.05) is 10.8 Å². The average Bonchev–Trinajstić information content (AvgIpc) is 3.13. The van der Waals surface area contributed by atoms with Crippen LogP contribution in [0.4, 0.5) is 5.95 Å². The predicted octanol–water partition coefficient (Wildman–Crippen LogP) is 2.63. The van der Waals surface area contributed by atoms with Gasteiger partial charge >= 0.3 is 0 Å². The number of hydrogen-bond donors (Lipinski definition) is 1. The van der Waals surface area contributed by atoms with Crippen molar-refractivity contribution in [1.29, 1.82) is 0 Å². The molecule has 6 nitrogen and oxygen atoms in total. The van der Waals surface area contributed by atoms with Crippen molar-refractivity contribution in [2.24, 2.45) is 0 Å². The first kappa shape index (κ1) is 17.7. The fraction of sp³-hybridized carbons (Fsp3) is 0.381. The number of aromatic nitrogens is 3. The van der Waals surface area contributed by atoms with Gasteiger partial charge in [-0.1, -0.05) is 6.07 Å². The predicted molar refractivity (Wildman–Crippen MR) is 109 cm³/mol. The lowest BCUT2D eigenvalue weighted by molar-refractivity contribution is 0.405. The van der Waals surface area contributed by atoms with Crippen LogP contribution in [0.1, 0.15) is 24.0 Å². The van der Waals surface area contributed by atoms with Gasteiger partial charge in [-0.3, -0.25) is 4.79 Å². The molecule has 1 aliphatic carbocycles. The number of fused-ring (bicyclic) bond motifs is 2. The van der Waals surface area contributed by atoms with Gasteiger partial charge in [-0.05, 0) is 69.6 Å². The molecule has 0 atom stereocenters. The van der Waals surface area contributed by atoms with Gasteiger partial charge in [0.2, 0.25) is 5.95 Å². The van der Waals surface area contributed by atoms with Crippen molar-refractivity contribution in [1.82, 2.24) is 19.4 Å². The zero-order valence-corrected chi connectivity index (χ0v) is 15.9. The van der Waals surface area contributed by atoms with Crippen LogP contribution in [0, 0.1) is 0 Å². The molecule has 140 valence electrons. The standard InChI is InChI=1S/C21H25N5O/c1-25(2)11-4-10-22-21-23-14-18-19(27)9-12-26(20(18)24-21)17-8-7-15-5-3-6-16(15)13-17/h7-9,12-14H,3-6,10-11H2,1-2H3,(H,22,23,24). The summed E-state index contributed by atoms with van der Waals surface area (Å²) in [6, 6.07) is 8.12. The van der Waals surface area contributed by atoms with Crippen LogP contribution >= 0.6 is 0 Å². The maximum atomic E-state index is 12.3. The highest BCUT2D eigenvalue weighted by Gasteiger charge is 2.13. The molecule has 0 spiro atoms. The van der Waals surface area contributed by atoms with Crippen molar-refractivity contribution in [3.05, 3.63) is 58.0 Å². The Morgan fingerprint density at radius 2 is 2.04 bits per heavy atom. The molecule has 0 fully saturated rings. The Morgan fingerprint density at radius 1 is 1.19 bits per heavy atom. The van der Waals surface area contributed by atoms with Crippen molar-refractivity contribution in [2.75, 3.05) is 32.5 Å². The summed E-state index contributed by atoms with van der Waals surface area (Å²) in [5.74, 6) is 0.557. The van der Waals surface area contributed by atoms with Gasteiger partial charge in [0, 0.05) is 30.7 Å². The number of aryl methyl sites for hydroxylation is 2. The summed E-state index contributed by atoms with van der Waals surface area (Å²) in [6.07, 6.45) is 7.93. The lowest BCUT2D eigenvalue weighted by Gasteiger charge is -2.13. The number of rotatable bonds is 6. The van der Waals surface area contributed by atoms with Gasteiger partial charge in [-0.2, -0.15) is 4.98 Å². The molecule has 0 radical (unpaired) electrons. The summed E-state index contributed by atoms with van der Waals surface area (Å²) in [7, 11) is 4.11. The number of nitrogens with one attached hydrogen (secondary N) is 1. The SMILES string of the molecule is CN(C)CCCNc1ncc2c(=O)ccn(-c3ccc4c(c3)CCC4)c2n1. The topological polar surface area (TPSA) is 63.1 Å². The van der Waals surface area contributed by atoms with Crippen molar-refractivity contribution in [3.63, 3.8) is 0 Å². The molecule has 0 saturated carbocycles. The lowest BCUT2D eigenvalue weighted by Crippen LogP contribution is -2.17. The van der Waals surface area contributed by atoms with Crippen molar-refractivity contribution in [3.8, 4) is 5.69 Å². The summed E-state index contributed by atoms with van der Waals surface area (Å²) < 4.78 is 1.99. The van der Waals surface area contributed by atoms with E-state index < -0.39 is 0 Å². The van der Waals surface area contributed by atoms with Crippen molar-refractivity contribution >= 4 is 17.0 Å². The molecule has 1 N–H and O–H groups in total. The van der Waals surface area contributed by atoms with E-state index >= 15 is 0 Å². The van der Waals surface area contributed by atoms with E-state index in [-0.39, 0.29) is 5.43 Å². The van der Waals surface area contributed by atoms with Crippen molar-refractivity contribution in [2.45, 2.75) is 25.7 Å². The number of anilines is 1. The molecule has 0 aliphatic heterocycles.